The summed E-state index contributed by atoms with van der Waals surface area (Å²) in [6.45, 7) is 4.55. The monoisotopic (exact) mass is 387 g/mol. The molecule has 4 rings (SSSR count). The Morgan fingerprint density at radius 1 is 1.11 bits per heavy atom. The molecule has 152 valence electrons. The number of hydrogen-bond donors (Lipinski definition) is 0. The molecule has 0 N–H and O–H groups in total. The van der Waals surface area contributed by atoms with Gasteiger partial charge in [-0.15, -0.1) is 0 Å². The van der Waals surface area contributed by atoms with Gasteiger partial charge in [0.2, 0.25) is 11.8 Å². The van der Waals surface area contributed by atoms with E-state index in [-0.39, 0.29) is 23.8 Å². The fourth-order valence-corrected chi connectivity index (χ4v) is 5.06. The molecule has 0 radical (unpaired) electrons. The topological polar surface area (TPSA) is 43.9 Å². The minimum Gasteiger partial charge on any atom is -0.337 e. The Hall–Kier alpha value is -1.95. The molecule has 2 unspecified atom stereocenters. The first-order valence-electron chi connectivity index (χ1n) is 10.6. The van der Waals surface area contributed by atoms with Crippen molar-refractivity contribution in [2.24, 2.45) is 5.92 Å². The average Bonchev–Trinajstić information content (AvgIpc) is 3.20. The molecule has 0 spiro atoms. The van der Waals surface area contributed by atoms with Gasteiger partial charge >= 0.3 is 0 Å². The van der Waals surface area contributed by atoms with Crippen LogP contribution in [0.25, 0.3) is 0 Å². The molecule has 2 atom stereocenters. The first kappa shape index (κ1) is 19.4. The number of benzene rings is 1. The summed E-state index contributed by atoms with van der Waals surface area (Å²) in [4.78, 5) is 31.5. The summed E-state index contributed by atoms with van der Waals surface area (Å²) in [6.07, 6.45) is 6.58. The lowest BCUT2D eigenvalue weighted by molar-refractivity contribution is -0.169. The van der Waals surface area contributed by atoms with Gasteiger partial charge in [-0.3, -0.25) is 14.5 Å². The van der Waals surface area contributed by atoms with Crippen LogP contribution in [-0.2, 0) is 16.1 Å². The van der Waals surface area contributed by atoms with Gasteiger partial charge in [-0.2, -0.15) is 0 Å². The highest BCUT2D eigenvalue weighted by Gasteiger charge is 2.45. The molecule has 2 amide bonds. The minimum absolute atomic E-state index is 0.0663. The summed E-state index contributed by atoms with van der Waals surface area (Å²) < 4.78 is 13.2. The second-order valence-electron chi connectivity index (χ2n) is 8.53. The SMILES string of the molecule is CC1C(=O)N(CCC2CCCC2)CC2N(Cc3ccc(F)cc3)CCC(=O)N12. The summed E-state index contributed by atoms with van der Waals surface area (Å²) in [7, 11) is 0. The number of rotatable bonds is 5. The summed E-state index contributed by atoms with van der Waals surface area (Å²) in [5.41, 5.74) is 1.03. The van der Waals surface area contributed by atoms with Gasteiger partial charge in [0.15, 0.2) is 0 Å². The van der Waals surface area contributed by atoms with Crippen LogP contribution in [-0.4, -0.2) is 58.4 Å². The molecule has 5 nitrogen and oxygen atoms in total. The van der Waals surface area contributed by atoms with Crippen LogP contribution in [0.4, 0.5) is 4.39 Å². The zero-order valence-electron chi connectivity index (χ0n) is 16.6. The van der Waals surface area contributed by atoms with Gasteiger partial charge in [-0.05, 0) is 37.0 Å². The molecular weight excluding hydrogens is 357 g/mol. The normalized spacial score (nSPS) is 26.8. The van der Waals surface area contributed by atoms with E-state index in [9.17, 15) is 14.0 Å². The Balaban J connectivity index is 1.48. The Labute approximate surface area is 166 Å². The summed E-state index contributed by atoms with van der Waals surface area (Å²) in [6, 6.07) is 6.13. The number of nitrogens with zero attached hydrogens (tertiary/aromatic N) is 3. The van der Waals surface area contributed by atoms with E-state index in [1.54, 1.807) is 17.0 Å². The van der Waals surface area contributed by atoms with Gasteiger partial charge in [0.25, 0.3) is 0 Å². The van der Waals surface area contributed by atoms with Crippen LogP contribution in [0.1, 0.15) is 51.0 Å². The largest absolute Gasteiger partial charge is 0.337 e. The average molecular weight is 387 g/mol. The molecule has 3 fully saturated rings. The van der Waals surface area contributed by atoms with E-state index in [0.29, 0.717) is 26.1 Å². The second-order valence-corrected chi connectivity index (χ2v) is 8.53. The van der Waals surface area contributed by atoms with E-state index in [0.717, 1.165) is 24.4 Å². The second kappa shape index (κ2) is 8.19. The number of hydrogen-bond acceptors (Lipinski definition) is 3. The third-order valence-electron chi connectivity index (χ3n) is 6.69. The van der Waals surface area contributed by atoms with Crippen LogP contribution in [0.5, 0.6) is 0 Å². The Morgan fingerprint density at radius 2 is 1.82 bits per heavy atom. The summed E-state index contributed by atoms with van der Waals surface area (Å²) in [5.74, 6) is 0.640. The van der Waals surface area contributed by atoms with Crippen molar-refractivity contribution in [1.29, 1.82) is 0 Å². The molecule has 3 aliphatic rings. The first-order chi connectivity index (χ1) is 13.5. The Bertz CT molecular complexity index is 717. The van der Waals surface area contributed by atoms with Crippen molar-refractivity contribution >= 4 is 11.8 Å². The highest BCUT2D eigenvalue weighted by atomic mass is 19.1. The van der Waals surface area contributed by atoms with Gasteiger partial charge in [0.05, 0.1) is 6.54 Å². The summed E-state index contributed by atoms with van der Waals surface area (Å²) >= 11 is 0. The number of piperazine rings is 1. The van der Waals surface area contributed by atoms with Crippen molar-refractivity contribution in [1.82, 2.24) is 14.7 Å². The Kier molecular flexibility index (Phi) is 5.67. The van der Waals surface area contributed by atoms with Crippen molar-refractivity contribution < 1.29 is 14.0 Å². The van der Waals surface area contributed by atoms with Crippen LogP contribution < -0.4 is 0 Å². The molecule has 2 saturated heterocycles. The van der Waals surface area contributed by atoms with Gasteiger partial charge in [0, 0.05) is 26.1 Å². The maximum Gasteiger partial charge on any atom is 0.245 e. The standard InChI is InChI=1S/C22H30FN3O2/c1-16-22(28)25(12-10-17-4-2-3-5-17)15-20-24(13-11-21(27)26(16)20)14-18-6-8-19(23)9-7-18/h6-9,16-17,20H,2-5,10-15H2,1H3. The molecule has 1 saturated carbocycles. The molecule has 1 aromatic carbocycles. The van der Waals surface area contributed by atoms with Crippen molar-refractivity contribution in [2.75, 3.05) is 19.6 Å². The number of carbonyl (C=O) groups is 2. The van der Waals surface area contributed by atoms with E-state index in [1.807, 2.05) is 11.8 Å². The third kappa shape index (κ3) is 3.93. The molecule has 28 heavy (non-hydrogen) atoms. The van der Waals surface area contributed by atoms with E-state index in [2.05, 4.69) is 4.90 Å². The Morgan fingerprint density at radius 3 is 2.54 bits per heavy atom. The van der Waals surface area contributed by atoms with Gasteiger partial charge < -0.3 is 9.80 Å². The van der Waals surface area contributed by atoms with Gasteiger partial charge in [-0.1, -0.05) is 37.8 Å². The zero-order chi connectivity index (χ0) is 19.7. The maximum absolute atomic E-state index is 13.2. The van der Waals surface area contributed by atoms with Crippen LogP contribution in [0, 0.1) is 11.7 Å². The number of halogens is 1. The van der Waals surface area contributed by atoms with E-state index < -0.39 is 6.04 Å². The van der Waals surface area contributed by atoms with Gasteiger partial charge in [0.1, 0.15) is 18.0 Å². The smallest absolute Gasteiger partial charge is 0.245 e. The zero-order valence-corrected chi connectivity index (χ0v) is 16.6. The van der Waals surface area contributed by atoms with E-state index in [1.165, 1.54) is 37.8 Å². The lowest BCUT2D eigenvalue weighted by Crippen LogP contribution is -2.69. The van der Waals surface area contributed by atoms with Crippen molar-refractivity contribution in [3.63, 3.8) is 0 Å². The predicted octanol–water partition coefficient (Wildman–Crippen LogP) is 3.00. The van der Waals surface area contributed by atoms with Gasteiger partial charge in [-0.25, -0.2) is 4.39 Å². The molecule has 6 heteroatoms. The van der Waals surface area contributed by atoms with Crippen LogP contribution in [0.3, 0.4) is 0 Å². The van der Waals surface area contributed by atoms with Crippen molar-refractivity contribution in [3.05, 3.63) is 35.6 Å². The molecule has 2 heterocycles. The van der Waals surface area contributed by atoms with Crippen molar-refractivity contribution in [3.8, 4) is 0 Å². The first-order valence-corrected chi connectivity index (χ1v) is 10.6. The number of carbonyl (C=O) groups excluding carboxylic acids is 2. The van der Waals surface area contributed by atoms with E-state index in [4.69, 9.17) is 0 Å². The lowest BCUT2D eigenvalue weighted by Gasteiger charge is -2.51. The highest BCUT2D eigenvalue weighted by molar-refractivity contribution is 5.89. The molecule has 0 aromatic heterocycles. The predicted molar refractivity (Wildman–Crippen MR) is 105 cm³/mol. The quantitative estimate of drug-likeness (QED) is 0.780. The molecule has 1 aromatic rings. The maximum atomic E-state index is 13.2. The number of amides is 2. The molecular formula is C22H30FN3O2. The van der Waals surface area contributed by atoms with Crippen LogP contribution in [0.15, 0.2) is 24.3 Å². The lowest BCUT2D eigenvalue weighted by atomic mass is 10.0. The fraction of sp³-hybridized carbons (Fsp3) is 0.636. The minimum atomic E-state index is -0.411. The van der Waals surface area contributed by atoms with Crippen molar-refractivity contribution in [2.45, 2.75) is 64.2 Å². The fourth-order valence-electron chi connectivity index (χ4n) is 5.06. The van der Waals surface area contributed by atoms with E-state index >= 15 is 0 Å². The molecule has 1 aliphatic carbocycles. The van der Waals surface area contributed by atoms with Crippen LogP contribution >= 0.6 is 0 Å². The van der Waals surface area contributed by atoms with Crippen LogP contribution in [0.2, 0.25) is 0 Å². The third-order valence-corrected chi connectivity index (χ3v) is 6.69. The highest BCUT2D eigenvalue weighted by Crippen LogP contribution is 2.30. The molecule has 2 aliphatic heterocycles. The summed E-state index contributed by atoms with van der Waals surface area (Å²) in [5, 5.41) is 0. The number of fused-ring (bicyclic) bond motifs is 1. The molecule has 0 bridgehead atoms.